The second kappa shape index (κ2) is 12.2. The third kappa shape index (κ3) is 7.86. The van der Waals surface area contributed by atoms with E-state index in [1.54, 1.807) is 12.1 Å². The van der Waals surface area contributed by atoms with Crippen molar-refractivity contribution in [1.29, 1.82) is 0 Å². The van der Waals surface area contributed by atoms with Crippen LogP contribution >= 0.6 is 0 Å². The Kier molecular flexibility index (Phi) is 9.47. The molecule has 146 valence electrons. The Bertz CT molecular complexity index is 679. The van der Waals surface area contributed by atoms with Crippen LogP contribution in [0.3, 0.4) is 0 Å². The van der Waals surface area contributed by atoms with Gasteiger partial charge in [-0.25, -0.2) is 0 Å². The lowest BCUT2D eigenvalue weighted by atomic mass is 10.0. The molecule has 0 unspecified atom stereocenters. The average Bonchev–Trinajstić information content (AvgIpc) is 2.67. The van der Waals surface area contributed by atoms with Gasteiger partial charge in [-0.2, -0.15) is 0 Å². The highest BCUT2D eigenvalue weighted by Crippen LogP contribution is 2.28. The maximum Gasteiger partial charge on any atom is 0.166 e. The van der Waals surface area contributed by atoms with E-state index in [0.717, 1.165) is 12.8 Å². The van der Waals surface area contributed by atoms with E-state index in [1.807, 2.05) is 30.3 Å². The number of ketones is 1. The van der Waals surface area contributed by atoms with Crippen molar-refractivity contribution in [2.75, 3.05) is 0 Å². The van der Waals surface area contributed by atoms with Gasteiger partial charge in [-0.05, 0) is 30.7 Å². The summed E-state index contributed by atoms with van der Waals surface area (Å²) in [6, 6.07) is 14.3. The topological polar surface area (TPSA) is 46.5 Å². The number of aromatic hydroxyl groups is 1. The molecule has 0 radical (unpaired) electrons. The van der Waals surface area contributed by atoms with Crippen LogP contribution in [0.15, 0.2) is 48.5 Å². The quantitative estimate of drug-likeness (QED) is 0.298. The summed E-state index contributed by atoms with van der Waals surface area (Å²) in [6.07, 6.45) is 11.5. The molecule has 0 spiro atoms. The molecule has 3 nitrogen and oxygen atoms in total. The number of rotatable bonds is 13. The van der Waals surface area contributed by atoms with E-state index in [1.165, 1.54) is 51.0 Å². The van der Waals surface area contributed by atoms with Crippen molar-refractivity contribution in [3.05, 3.63) is 54.1 Å². The van der Waals surface area contributed by atoms with Crippen molar-refractivity contribution >= 4 is 5.78 Å². The van der Waals surface area contributed by atoms with Crippen molar-refractivity contribution in [3.63, 3.8) is 0 Å². The van der Waals surface area contributed by atoms with Crippen LogP contribution in [0.5, 0.6) is 17.2 Å². The van der Waals surface area contributed by atoms with E-state index in [2.05, 4.69) is 6.92 Å². The minimum absolute atomic E-state index is 0.00158. The van der Waals surface area contributed by atoms with Crippen LogP contribution in [0.1, 0.15) is 81.5 Å². The Morgan fingerprint density at radius 2 is 1.44 bits per heavy atom. The van der Waals surface area contributed by atoms with Crippen molar-refractivity contribution in [2.24, 2.45) is 0 Å². The van der Waals surface area contributed by atoms with Crippen LogP contribution < -0.4 is 4.74 Å². The van der Waals surface area contributed by atoms with Gasteiger partial charge in [-0.3, -0.25) is 4.79 Å². The number of hydrogen-bond acceptors (Lipinski definition) is 3. The molecule has 1 N–H and O–H groups in total. The van der Waals surface area contributed by atoms with Gasteiger partial charge in [0, 0.05) is 12.5 Å². The summed E-state index contributed by atoms with van der Waals surface area (Å²) in [4.78, 5) is 12.3. The van der Waals surface area contributed by atoms with E-state index in [9.17, 15) is 9.90 Å². The second-order valence-corrected chi connectivity index (χ2v) is 7.10. The van der Waals surface area contributed by atoms with E-state index in [4.69, 9.17) is 4.74 Å². The molecule has 0 heterocycles. The van der Waals surface area contributed by atoms with Crippen LogP contribution in [0, 0.1) is 0 Å². The summed E-state index contributed by atoms with van der Waals surface area (Å²) < 4.78 is 5.68. The van der Waals surface area contributed by atoms with Gasteiger partial charge in [0.05, 0.1) is 5.56 Å². The van der Waals surface area contributed by atoms with Crippen LogP contribution in [0.25, 0.3) is 0 Å². The first-order valence-electron chi connectivity index (χ1n) is 10.3. The molecule has 2 aromatic rings. The molecule has 0 atom stereocenters. The fourth-order valence-corrected chi connectivity index (χ4v) is 3.17. The lowest BCUT2D eigenvalue weighted by Crippen LogP contribution is -1.99. The minimum atomic E-state index is -0.00986. The Hall–Kier alpha value is -2.29. The summed E-state index contributed by atoms with van der Waals surface area (Å²) in [6.45, 7) is 2.23. The number of carbonyl (C=O) groups is 1. The first-order chi connectivity index (χ1) is 13.2. The third-order valence-electron chi connectivity index (χ3n) is 4.76. The SMILES string of the molecule is CCCCCCCCCCCC(=O)c1ccc(Oc2ccccc2)cc1O. The predicted molar refractivity (Wildman–Crippen MR) is 111 cm³/mol. The Morgan fingerprint density at radius 1 is 0.815 bits per heavy atom. The summed E-state index contributed by atoms with van der Waals surface area (Å²) in [7, 11) is 0. The Morgan fingerprint density at radius 3 is 2.07 bits per heavy atom. The number of phenolic OH excluding ortho intramolecular Hbond substituents is 1. The van der Waals surface area contributed by atoms with Gasteiger partial charge in [0.2, 0.25) is 0 Å². The molecular weight excluding hydrogens is 336 g/mol. The molecule has 2 rings (SSSR count). The summed E-state index contributed by atoms with van der Waals surface area (Å²) in [5.41, 5.74) is 0.384. The van der Waals surface area contributed by atoms with E-state index in [-0.39, 0.29) is 11.5 Å². The first kappa shape index (κ1) is 21.0. The number of Topliss-reactive ketones (excluding diaryl/α,β-unsaturated/α-hetero) is 1. The third-order valence-corrected chi connectivity index (χ3v) is 4.76. The molecule has 2 aromatic carbocycles. The summed E-state index contributed by atoms with van der Waals surface area (Å²) in [5.74, 6) is 1.22. The fourth-order valence-electron chi connectivity index (χ4n) is 3.17. The van der Waals surface area contributed by atoms with Crippen molar-refractivity contribution in [3.8, 4) is 17.2 Å². The zero-order chi connectivity index (χ0) is 19.3. The van der Waals surface area contributed by atoms with Crippen LogP contribution in [0.4, 0.5) is 0 Å². The number of ether oxygens (including phenoxy) is 1. The number of phenols is 1. The Labute approximate surface area is 163 Å². The summed E-state index contributed by atoms with van der Waals surface area (Å²) in [5, 5.41) is 10.2. The number of carbonyl (C=O) groups excluding carboxylic acids is 1. The number of unbranched alkanes of at least 4 members (excludes halogenated alkanes) is 8. The van der Waals surface area contributed by atoms with Gasteiger partial charge < -0.3 is 9.84 Å². The molecule has 0 aliphatic rings. The van der Waals surface area contributed by atoms with Gasteiger partial charge in [-0.15, -0.1) is 0 Å². The molecule has 0 fully saturated rings. The highest BCUT2D eigenvalue weighted by molar-refractivity contribution is 5.98. The average molecular weight is 369 g/mol. The Balaban J connectivity index is 1.70. The molecule has 0 aliphatic heterocycles. The molecule has 3 heteroatoms. The van der Waals surface area contributed by atoms with Crippen molar-refractivity contribution in [2.45, 2.75) is 71.1 Å². The molecule has 0 saturated carbocycles. The number of hydrogen-bond donors (Lipinski definition) is 1. The minimum Gasteiger partial charge on any atom is -0.507 e. The lowest BCUT2D eigenvalue weighted by molar-refractivity contribution is 0.0976. The molecule has 0 amide bonds. The van der Waals surface area contributed by atoms with Crippen LogP contribution in [-0.4, -0.2) is 10.9 Å². The number of benzene rings is 2. The van der Waals surface area contributed by atoms with Crippen molar-refractivity contribution in [1.82, 2.24) is 0 Å². The zero-order valence-corrected chi connectivity index (χ0v) is 16.5. The van der Waals surface area contributed by atoms with Gasteiger partial charge >= 0.3 is 0 Å². The largest absolute Gasteiger partial charge is 0.507 e. The first-order valence-corrected chi connectivity index (χ1v) is 10.3. The molecule has 0 bridgehead atoms. The maximum atomic E-state index is 12.3. The van der Waals surface area contributed by atoms with Crippen molar-refractivity contribution < 1.29 is 14.6 Å². The van der Waals surface area contributed by atoms with Gasteiger partial charge in [0.15, 0.2) is 5.78 Å². The molecule has 0 aliphatic carbocycles. The van der Waals surface area contributed by atoms with Gasteiger partial charge in [-0.1, -0.05) is 76.5 Å². The highest BCUT2D eigenvalue weighted by Gasteiger charge is 2.12. The molecular formula is C24H32O3. The molecule has 0 aromatic heterocycles. The van der Waals surface area contributed by atoms with E-state index < -0.39 is 0 Å². The van der Waals surface area contributed by atoms with Crippen LogP contribution in [-0.2, 0) is 0 Å². The molecule has 0 saturated heterocycles. The zero-order valence-electron chi connectivity index (χ0n) is 16.5. The second-order valence-electron chi connectivity index (χ2n) is 7.10. The van der Waals surface area contributed by atoms with Gasteiger partial charge in [0.25, 0.3) is 0 Å². The lowest BCUT2D eigenvalue weighted by Gasteiger charge is -2.08. The molecule has 27 heavy (non-hydrogen) atoms. The van der Waals surface area contributed by atoms with E-state index in [0.29, 0.717) is 23.5 Å². The fraction of sp³-hybridized carbons (Fsp3) is 0.458. The van der Waals surface area contributed by atoms with E-state index >= 15 is 0 Å². The standard InChI is InChI=1S/C24H32O3/c1-2-3-4-5-6-7-8-9-13-16-23(25)22-18-17-21(19-24(22)26)27-20-14-11-10-12-15-20/h10-12,14-15,17-19,26H,2-9,13,16H2,1H3. The number of para-hydroxylation sites is 1. The maximum absolute atomic E-state index is 12.3. The van der Waals surface area contributed by atoms with Crippen LogP contribution in [0.2, 0.25) is 0 Å². The smallest absolute Gasteiger partial charge is 0.166 e. The highest BCUT2D eigenvalue weighted by atomic mass is 16.5. The normalized spacial score (nSPS) is 10.7. The van der Waals surface area contributed by atoms with Gasteiger partial charge in [0.1, 0.15) is 17.2 Å². The predicted octanol–water partition coefficient (Wildman–Crippen LogP) is 7.29. The summed E-state index contributed by atoms with van der Waals surface area (Å²) >= 11 is 0. The monoisotopic (exact) mass is 368 g/mol.